The van der Waals surface area contributed by atoms with Crippen molar-refractivity contribution < 1.29 is 4.79 Å². The molecule has 16 heavy (non-hydrogen) atoms. The van der Waals surface area contributed by atoms with Crippen LogP contribution in [0.25, 0.3) is 0 Å². The van der Waals surface area contributed by atoms with Gasteiger partial charge in [0.25, 0.3) is 0 Å². The molecule has 1 saturated heterocycles. The Balaban J connectivity index is 2.11. The van der Waals surface area contributed by atoms with E-state index in [1.165, 1.54) is 12.3 Å². The highest BCUT2D eigenvalue weighted by molar-refractivity contribution is 8.00. The number of hydrogen-bond donors (Lipinski definition) is 2. The predicted molar refractivity (Wildman–Crippen MR) is 69.2 cm³/mol. The Kier molecular flexibility index (Phi) is 5.58. The molecule has 4 nitrogen and oxygen atoms in total. The lowest BCUT2D eigenvalue weighted by Crippen LogP contribution is -2.43. The second-order valence-corrected chi connectivity index (χ2v) is 6.71. The number of nitrogens with zero attached hydrogens (tertiary/aromatic N) is 1. The van der Waals surface area contributed by atoms with Crippen LogP contribution >= 0.6 is 11.8 Å². The molecule has 0 aromatic heterocycles. The highest BCUT2D eigenvalue weighted by Crippen LogP contribution is 2.29. The minimum absolute atomic E-state index is 0.0606. The normalized spacial score (nSPS) is 20.7. The van der Waals surface area contributed by atoms with E-state index in [9.17, 15) is 4.79 Å². The number of carbonyl (C=O) groups is 1. The van der Waals surface area contributed by atoms with E-state index < -0.39 is 0 Å². The van der Waals surface area contributed by atoms with Crippen molar-refractivity contribution in [3.63, 3.8) is 0 Å². The predicted octanol–water partition coefficient (Wildman–Crippen LogP) is 0.974. The number of nitrogens with one attached hydrogen (secondary N) is 1. The molecule has 5 heteroatoms. The first-order chi connectivity index (χ1) is 7.53. The third-order valence-corrected chi connectivity index (χ3v) is 4.09. The first kappa shape index (κ1) is 13.8. The van der Waals surface area contributed by atoms with Gasteiger partial charge in [-0.05, 0) is 33.2 Å². The number of amides is 1. The first-order valence-electron chi connectivity index (χ1n) is 5.89. The van der Waals surface area contributed by atoms with E-state index in [-0.39, 0.29) is 5.91 Å². The monoisotopic (exact) mass is 245 g/mol. The Bertz CT molecular complexity index is 233. The van der Waals surface area contributed by atoms with Crippen LogP contribution in [0.2, 0.25) is 0 Å². The zero-order chi connectivity index (χ0) is 12.0. The van der Waals surface area contributed by atoms with Crippen LogP contribution in [-0.4, -0.2) is 40.9 Å². The molecule has 1 fully saturated rings. The van der Waals surface area contributed by atoms with Crippen LogP contribution in [0.5, 0.6) is 0 Å². The summed E-state index contributed by atoms with van der Waals surface area (Å²) in [6, 6.07) is 0. The molecular formula is C11H23N3OS. The lowest BCUT2D eigenvalue weighted by molar-refractivity contribution is -0.121. The van der Waals surface area contributed by atoms with Crippen molar-refractivity contribution in [3.8, 4) is 0 Å². The Labute approximate surface area is 102 Å². The van der Waals surface area contributed by atoms with Crippen molar-refractivity contribution in [2.75, 3.05) is 25.4 Å². The van der Waals surface area contributed by atoms with Crippen LogP contribution in [0.3, 0.4) is 0 Å². The molecule has 3 N–H and O–H groups in total. The molecule has 0 atom stereocenters. The summed E-state index contributed by atoms with van der Waals surface area (Å²) in [5.74, 6) is 6.18. The Morgan fingerprint density at radius 1 is 1.50 bits per heavy atom. The minimum Gasteiger partial charge on any atom is -0.301 e. The van der Waals surface area contributed by atoms with E-state index in [1.807, 2.05) is 11.8 Å². The van der Waals surface area contributed by atoms with E-state index in [2.05, 4.69) is 24.2 Å². The van der Waals surface area contributed by atoms with E-state index in [4.69, 9.17) is 5.84 Å². The molecule has 0 bridgehead atoms. The molecule has 0 unspecified atom stereocenters. The largest absolute Gasteiger partial charge is 0.301 e. The van der Waals surface area contributed by atoms with Gasteiger partial charge in [0.05, 0.1) is 0 Å². The van der Waals surface area contributed by atoms with Crippen molar-refractivity contribution in [2.24, 2.45) is 5.84 Å². The van der Waals surface area contributed by atoms with Gasteiger partial charge in [-0.2, -0.15) is 11.8 Å². The fraction of sp³-hybridized carbons (Fsp3) is 0.909. The smallest absolute Gasteiger partial charge is 0.233 e. The van der Waals surface area contributed by atoms with Crippen LogP contribution in [-0.2, 0) is 4.79 Å². The zero-order valence-corrected chi connectivity index (χ0v) is 11.1. The molecule has 0 radical (unpaired) electrons. The van der Waals surface area contributed by atoms with Crippen LogP contribution in [0.4, 0.5) is 0 Å². The maximum atomic E-state index is 10.9. The Morgan fingerprint density at radius 2 is 2.25 bits per heavy atom. The summed E-state index contributed by atoms with van der Waals surface area (Å²) in [6.45, 7) is 8.02. The lowest BCUT2D eigenvalue weighted by atomic mass is 10.1. The average molecular weight is 245 g/mol. The van der Waals surface area contributed by atoms with E-state index in [1.54, 1.807) is 0 Å². The minimum atomic E-state index is -0.0606. The molecule has 1 heterocycles. The number of carbonyl (C=O) groups excluding carboxylic acids is 1. The number of hydrazine groups is 1. The summed E-state index contributed by atoms with van der Waals surface area (Å²) >= 11 is 2.05. The maximum absolute atomic E-state index is 10.9. The second-order valence-electron chi connectivity index (χ2n) is 4.91. The molecule has 0 aromatic rings. The SMILES string of the molecule is CC1(C)CN(CCCCC(=O)NN)CCS1. The van der Waals surface area contributed by atoms with Gasteiger partial charge in [0.2, 0.25) is 5.91 Å². The van der Waals surface area contributed by atoms with Crippen molar-refractivity contribution in [2.45, 2.75) is 37.9 Å². The summed E-state index contributed by atoms with van der Waals surface area (Å²) in [7, 11) is 0. The summed E-state index contributed by atoms with van der Waals surface area (Å²) in [4.78, 5) is 13.4. The Morgan fingerprint density at radius 3 is 2.88 bits per heavy atom. The number of unbranched alkanes of at least 4 members (excludes halogenated alkanes) is 1. The van der Waals surface area contributed by atoms with Gasteiger partial charge in [-0.1, -0.05) is 0 Å². The summed E-state index contributed by atoms with van der Waals surface area (Å²) in [5.41, 5.74) is 2.16. The summed E-state index contributed by atoms with van der Waals surface area (Å²) in [6.07, 6.45) is 2.55. The molecule has 0 aliphatic carbocycles. The molecule has 1 amide bonds. The van der Waals surface area contributed by atoms with Crippen LogP contribution in [0.1, 0.15) is 33.1 Å². The van der Waals surface area contributed by atoms with Gasteiger partial charge < -0.3 is 4.90 Å². The van der Waals surface area contributed by atoms with Crippen LogP contribution in [0.15, 0.2) is 0 Å². The van der Waals surface area contributed by atoms with Crippen molar-refractivity contribution in [1.82, 2.24) is 10.3 Å². The molecule has 94 valence electrons. The van der Waals surface area contributed by atoms with Crippen molar-refractivity contribution in [3.05, 3.63) is 0 Å². The van der Waals surface area contributed by atoms with Gasteiger partial charge in [0.15, 0.2) is 0 Å². The molecule has 0 saturated carbocycles. The van der Waals surface area contributed by atoms with E-state index >= 15 is 0 Å². The zero-order valence-electron chi connectivity index (χ0n) is 10.3. The third-order valence-electron chi connectivity index (χ3n) is 2.79. The highest BCUT2D eigenvalue weighted by Gasteiger charge is 2.26. The summed E-state index contributed by atoms with van der Waals surface area (Å²) < 4.78 is 0.382. The van der Waals surface area contributed by atoms with Crippen LogP contribution in [0, 0.1) is 0 Å². The number of nitrogens with two attached hydrogens (primary N) is 1. The number of hydrogen-bond acceptors (Lipinski definition) is 4. The Hall–Kier alpha value is -0.260. The van der Waals surface area contributed by atoms with Gasteiger partial charge in [0.1, 0.15) is 0 Å². The molecule has 1 aliphatic heterocycles. The molecular weight excluding hydrogens is 222 g/mol. The quantitative estimate of drug-likeness (QED) is 0.328. The number of rotatable bonds is 5. The van der Waals surface area contributed by atoms with Crippen LogP contribution < -0.4 is 11.3 Å². The van der Waals surface area contributed by atoms with Gasteiger partial charge in [-0.25, -0.2) is 5.84 Å². The van der Waals surface area contributed by atoms with E-state index in [0.717, 1.165) is 25.9 Å². The van der Waals surface area contributed by atoms with Gasteiger partial charge in [0, 0.05) is 30.0 Å². The fourth-order valence-electron chi connectivity index (χ4n) is 2.00. The van der Waals surface area contributed by atoms with Crippen molar-refractivity contribution in [1.29, 1.82) is 0 Å². The van der Waals surface area contributed by atoms with Crippen molar-refractivity contribution >= 4 is 17.7 Å². The van der Waals surface area contributed by atoms with Gasteiger partial charge in [-0.3, -0.25) is 10.2 Å². The third kappa shape index (κ3) is 5.18. The number of thioether (sulfide) groups is 1. The molecule has 1 rings (SSSR count). The van der Waals surface area contributed by atoms with Gasteiger partial charge >= 0.3 is 0 Å². The lowest BCUT2D eigenvalue weighted by Gasteiger charge is -2.37. The summed E-state index contributed by atoms with van der Waals surface area (Å²) in [5, 5.41) is 0. The molecule has 0 aromatic carbocycles. The second kappa shape index (κ2) is 6.47. The standard InChI is InChI=1S/C11H23N3OS/c1-11(2)9-14(7-8-16-11)6-4-3-5-10(15)13-12/h3-9,12H2,1-2H3,(H,13,15). The fourth-order valence-corrected chi connectivity index (χ4v) is 3.17. The average Bonchev–Trinajstić information content (AvgIpc) is 2.22. The maximum Gasteiger partial charge on any atom is 0.233 e. The molecule has 1 aliphatic rings. The molecule has 0 spiro atoms. The van der Waals surface area contributed by atoms with Gasteiger partial charge in [-0.15, -0.1) is 0 Å². The first-order valence-corrected chi connectivity index (χ1v) is 6.88. The highest BCUT2D eigenvalue weighted by atomic mass is 32.2. The topological polar surface area (TPSA) is 58.4 Å². The van der Waals surface area contributed by atoms with E-state index in [0.29, 0.717) is 11.2 Å².